The summed E-state index contributed by atoms with van der Waals surface area (Å²) in [5, 5.41) is 9.10. The summed E-state index contributed by atoms with van der Waals surface area (Å²) in [4.78, 5) is 11.1. The number of carboxylic acids is 1. The third-order valence-corrected chi connectivity index (χ3v) is 2.70. The molecule has 0 saturated carbocycles. The van der Waals surface area contributed by atoms with E-state index < -0.39 is 5.97 Å². The van der Waals surface area contributed by atoms with E-state index in [0.717, 1.165) is 12.0 Å². The van der Waals surface area contributed by atoms with Gasteiger partial charge in [-0.15, -0.1) is 0 Å². The van der Waals surface area contributed by atoms with Gasteiger partial charge in [-0.1, -0.05) is 45.0 Å². The number of hydrogen-bond donors (Lipinski definition) is 1. The Morgan fingerprint density at radius 3 is 2.56 bits per heavy atom. The highest BCUT2D eigenvalue weighted by molar-refractivity contribution is 5.76. The quantitative estimate of drug-likeness (QED) is 0.825. The second-order valence-corrected chi connectivity index (χ2v) is 4.64. The molecule has 1 N–H and O–H groups in total. The predicted octanol–water partition coefficient (Wildman–Crippen LogP) is 3.46. The van der Waals surface area contributed by atoms with E-state index in [1.807, 2.05) is 25.1 Å². The molecule has 0 aliphatic rings. The van der Waals surface area contributed by atoms with E-state index in [2.05, 4.69) is 19.9 Å². The highest BCUT2D eigenvalue weighted by Crippen LogP contribution is 2.21. The molecule has 1 aromatic carbocycles. The van der Waals surface area contributed by atoms with Gasteiger partial charge in [-0.2, -0.15) is 0 Å². The first-order chi connectivity index (χ1) is 7.54. The molecule has 2 heteroatoms. The van der Waals surface area contributed by atoms with Crippen LogP contribution in [0.1, 0.15) is 44.2 Å². The zero-order chi connectivity index (χ0) is 12.1. The van der Waals surface area contributed by atoms with E-state index in [1.165, 1.54) is 5.56 Å². The van der Waals surface area contributed by atoms with Crippen molar-refractivity contribution in [3.63, 3.8) is 0 Å². The average molecular weight is 220 g/mol. The number of rotatable bonds is 5. The largest absolute Gasteiger partial charge is 0.481 e. The van der Waals surface area contributed by atoms with Gasteiger partial charge < -0.3 is 5.11 Å². The van der Waals surface area contributed by atoms with Crippen LogP contribution in [0.5, 0.6) is 0 Å². The average Bonchev–Trinajstić information content (AvgIpc) is 2.17. The standard InChI is InChI=1S/C14H20O2/c1-4-13(14(15)16)12-7-5-6-11(9-12)8-10(2)3/h5-7,9-10,13H,4,8H2,1-3H3,(H,15,16). The van der Waals surface area contributed by atoms with Crippen molar-refractivity contribution in [1.29, 1.82) is 0 Å². The van der Waals surface area contributed by atoms with Gasteiger partial charge in [0.05, 0.1) is 5.92 Å². The fourth-order valence-corrected chi connectivity index (χ4v) is 1.96. The first kappa shape index (κ1) is 12.8. The molecule has 1 rings (SSSR count). The monoisotopic (exact) mass is 220 g/mol. The molecule has 0 radical (unpaired) electrons. The Bertz CT molecular complexity index is 356. The van der Waals surface area contributed by atoms with Crippen molar-refractivity contribution < 1.29 is 9.90 Å². The van der Waals surface area contributed by atoms with Crippen molar-refractivity contribution in [2.45, 2.75) is 39.5 Å². The molecule has 0 bridgehead atoms. The van der Waals surface area contributed by atoms with E-state index in [0.29, 0.717) is 12.3 Å². The molecule has 2 nitrogen and oxygen atoms in total. The van der Waals surface area contributed by atoms with Gasteiger partial charge in [0, 0.05) is 0 Å². The van der Waals surface area contributed by atoms with Gasteiger partial charge in [0.15, 0.2) is 0 Å². The first-order valence-electron chi connectivity index (χ1n) is 5.86. The topological polar surface area (TPSA) is 37.3 Å². The zero-order valence-electron chi connectivity index (χ0n) is 10.2. The van der Waals surface area contributed by atoms with Crippen molar-refractivity contribution in [3.8, 4) is 0 Å². The van der Waals surface area contributed by atoms with Crippen LogP contribution in [0.15, 0.2) is 24.3 Å². The number of benzene rings is 1. The van der Waals surface area contributed by atoms with Crippen molar-refractivity contribution in [2.75, 3.05) is 0 Å². The minimum absolute atomic E-state index is 0.368. The molecule has 1 atom stereocenters. The van der Waals surface area contributed by atoms with Crippen LogP contribution >= 0.6 is 0 Å². The molecule has 0 aromatic heterocycles. The Morgan fingerprint density at radius 2 is 2.06 bits per heavy atom. The third kappa shape index (κ3) is 3.37. The highest BCUT2D eigenvalue weighted by Gasteiger charge is 2.17. The Hall–Kier alpha value is -1.31. The zero-order valence-corrected chi connectivity index (χ0v) is 10.2. The van der Waals surface area contributed by atoms with E-state index >= 15 is 0 Å². The minimum atomic E-state index is -0.732. The summed E-state index contributed by atoms with van der Waals surface area (Å²) >= 11 is 0. The molecule has 0 fully saturated rings. The van der Waals surface area contributed by atoms with Crippen LogP contribution in [0.4, 0.5) is 0 Å². The van der Waals surface area contributed by atoms with Crippen molar-refractivity contribution in [1.82, 2.24) is 0 Å². The van der Waals surface area contributed by atoms with Gasteiger partial charge in [0.2, 0.25) is 0 Å². The molecule has 0 aliphatic carbocycles. The van der Waals surface area contributed by atoms with Crippen LogP contribution in [0.3, 0.4) is 0 Å². The number of hydrogen-bond acceptors (Lipinski definition) is 1. The maximum atomic E-state index is 11.1. The fraction of sp³-hybridized carbons (Fsp3) is 0.500. The highest BCUT2D eigenvalue weighted by atomic mass is 16.4. The summed E-state index contributed by atoms with van der Waals surface area (Å²) < 4.78 is 0. The van der Waals surface area contributed by atoms with Gasteiger partial charge in [0.1, 0.15) is 0 Å². The smallest absolute Gasteiger partial charge is 0.310 e. The number of carbonyl (C=O) groups is 1. The van der Waals surface area contributed by atoms with Crippen LogP contribution in [0.25, 0.3) is 0 Å². The molecule has 0 amide bonds. The summed E-state index contributed by atoms with van der Waals surface area (Å²) in [6.07, 6.45) is 1.64. The molecule has 1 aromatic rings. The maximum Gasteiger partial charge on any atom is 0.310 e. The SMILES string of the molecule is CCC(C(=O)O)c1cccc(CC(C)C)c1. The Morgan fingerprint density at radius 1 is 1.38 bits per heavy atom. The minimum Gasteiger partial charge on any atom is -0.481 e. The van der Waals surface area contributed by atoms with Gasteiger partial charge in [-0.3, -0.25) is 4.79 Å². The summed E-state index contributed by atoms with van der Waals surface area (Å²) in [5.41, 5.74) is 2.15. The molecule has 0 saturated heterocycles. The van der Waals surface area contributed by atoms with Gasteiger partial charge in [-0.05, 0) is 29.9 Å². The van der Waals surface area contributed by atoms with E-state index in [4.69, 9.17) is 5.11 Å². The van der Waals surface area contributed by atoms with Crippen LogP contribution < -0.4 is 0 Å². The Labute approximate surface area is 97.3 Å². The molecular formula is C14H20O2. The van der Waals surface area contributed by atoms with Crippen LogP contribution in [0, 0.1) is 5.92 Å². The van der Waals surface area contributed by atoms with Crippen LogP contribution in [0.2, 0.25) is 0 Å². The lowest BCUT2D eigenvalue weighted by molar-refractivity contribution is -0.138. The number of aliphatic carboxylic acids is 1. The summed E-state index contributed by atoms with van der Waals surface area (Å²) in [6.45, 7) is 6.25. The van der Waals surface area contributed by atoms with Crippen LogP contribution in [-0.2, 0) is 11.2 Å². The second kappa shape index (κ2) is 5.69. The molecular weight excluding hydrogens is 200 g/mol. The van der Waals surface area contributed by atoms with Crippen molar-refractivity contribution in [3.05, 3.63) is 35.4 Å². The molecule has 88 valence electrons. The van der Waals surface area contributed by atoms with Gasteiger partial charge >= 0.3 is 5.97 Å². The Balaban J connectivity index is 2.92. The first-order valence-corrected chi connectivity index (χ1v) is 5.86. The van der Waals surface area contributed by atoms with Crippen molar-refractivity contribution in [2.24, 2.45) is 5.92 Å². The lowest BCUT2D eigenvalue weighted by atomic mass is 9.93. The summed E-state index contributed by atoms with van der Waals surface area (Å²) in [7, 11) is 0. The van der Waals surface area contributed by atoms with Crippen molar-refractivity contribution >= 4 is 5.97 Å². The molecule has 0 aliphatic heterocycles. The lowest BCUT2D eigenvalue weighted by Gasteiger charge is -2.12. The normalized spacial score (nSPS) is 12.8. The van der Waals surface area contributed by atoms with E-state index in [9.17, 15) is 4.79 Å². The molecule has 0 heterocycles. The number of carboxylic acid groups (broad SMARTS) is 1. The summed E-state index contributed by atoms with van der Waals surface area (Å²) in [6, 6.07) is 7.96. The fourth-order valence-electron chi connectivity index (χ4n) is 1.96. The van der Waals surface area contributed by atoms with E-state index in [-0.39, 0.29) is 5.92 Å². The van der Waals surface area contributed by atoms with Gasteiger partial charge in [-0.25, -0.2) is 0 Å². The third-order valence-electron chi connectivity index (χ3n) is 2.70. The lowest BCUT2D eigenvalue weighted by Crippen LogP contribution is -2.10. The maximum absolute atomic E-state index is 11.1. The predicted molar refractivity (Wildman–Crippen MR) is 65.7 cm³/mol. The molecule has 16 heavy (non-hydrogen) atoms. The van der Waals surface area contributed by atoms with Crippen LogP contribution in [-0.4, -0.2) is 11.1 Å². The second-order valence-electron chi connectivity index (χ2n) is 4.64. The van der Waals surface area contributed by atoms with E-state index in [1.54, 1.807) is 0 Å². The Kier molecular flexibility index (Phi) is 4.53. The van der Waals surface area contributed by atoms with Gasteiger partial charge in [0.25, 0.3) is 0 Å². The molecule has 1 unspecified atom stereocenters. The molecule has 0 spiro atoms. The summed E-state index contributed by atoms with van der Waals surface area (Å²) in [5.74, 6) is -0.503.